The van der Waals surface area contributed by atoms with Gasteiger partial charge in [0.15, 0.2) is 5.82 Å². The summed E-state index contributed by atoms with van der Waals surface area (Å²) in [6.45, 7) is 1.92. The molecule has 2 aromatic heterocycles. The molecule has 2 rings (SSSR count). The van der Waals surface area contributed by atoms with Crippen LogP contribution in [0.5, 0.6) is 0 Å². The van der Waals surface area contributed by atoms with Gasteiger partial charge in [-0.1, -0.05) is 11.2 Å². The largest absolute Gasteiger partial charge is 0.399 e. The summed E-state index contributed by atoms with van der Waals surface area (Å²) in [7, 11) is 1.54. The highest BCUT2D eigenvalue weighted by atomic mass is 16.6. The van der Waals surface area contributed by atoms with Crippen LogP contribution in [0.4, 0.5) is 0 Å². The Balaban J connectivity index is 2.11. The van der Waals surface area contributed by atoms with Crippen LogP contribution in [0.25, 0.3) is 5.82 Å². The SMILES string of the molecule is CON=C(C)Cc1ccc(-n2cccn2)nc1. The molecule has 0 unspecified atom stereocenters. The predicted octanol–water partition coefficient (Wildman–Crippen LogP) is 1.83. The predicted molar refractivity (Wildman–Crippen MR) is 65.2 cm³/mol. The number of rotatable bonds is 4. The summed E-state index contributed by atoms with van der Waals surface area (Å²) >= 11 is 0. The molecule has 0 N–H and O–H groups in total. The molecule has 2 aromatic rings. The maximum Gasteiger partial charge on any atom is 0.153 e. The lowest BCUT2D eigenvalue weighted by molar-refractivity contribution is 0.212. The van der Waals surface area contributed by atoms with E-state index in [9.17, 15) is 0 Å². The van der Waals surface area contributed by atoms with E-state index in [4.69, 9.17) is 4.84 Å². The minimum Gasteiger partial charge on any atom is -0.399 e. The van der Waals surface area contributed by atoms with Crippen LogP contribution < -0.4 is 0 Å². The summed E-state index contributed by atoms with van der Waals surface area (Å²) in [6.07, 6.45) is 6.15. The summed E-state index contributed by atoms with van der Waals surface area (Å²) in [5, 5.41) is 7.98. The van der Waals surface area contributed by atoms with Crippen LogP contribution in [0.15, 0.2) is 41.9 Å². The molecule has 5 heteroatoms. The summed E-state index contributed by atoms with van der Waals surface area (Å²) in [5.41, 5.74) is 2.01. The van der Waals surface area contributed by atoms with Crippen molar-refractivity contribution in [1.29, 1.82) is 0 Å². The molecule has 0 amide bonds. The summed E-state index contributed by atoms with van der Waals surface area (Å²) < 4.78 is 1.72. The minimum absolute atomic E-state index is 0.736. The highest BCUT2D eigenvalue weighted by Gasteiger charge is 2.00. The molecular weight excluding hydrogens is 216 g/mol. The highest BCUT2D eigenvalue weighted by molar-refractivity contribution is 5.83. The monoisotopic (exact) mass is 230 g/mol. The van der Waals surface area contributed by atoms with Crippen LogP contribution >= 0.6 is 0 Å². The highest BCUT2D eigenvalue weighted by Crippen LogP contribution is 2.06. The number of aromatic nitrogens is 3. The third-order valence-corrected chi connectivity index (χ3v) is 2.26. The molecule has 0 aromatic carbocycles. The Labute approximate surface area is 99.7 Å². The van der Waals surface area contributed by atoms with Crippen LogP contribution in [-0.4, -0.2) is 27.6 Å². The number of hydrogen-bond acceptors (Lipinski definition) is 4. The summed E-state index contributed by atoms with van der Waals surface area (Å²) in [4.78, 5) is 9.05. The average molecular weight is 230 g/mol. The second-order valence-electron chi connectivity index (χ2n) is 3.66. The Bertz CT molecular complexity index is 488. The fraction of sp³-hybridized carbons (Fsp3) is 0.250. The van der Waals surface area contributed by atoms with E-state index < -0.39 is 0 Å². The Morgan fingerprint density at radius 3 is 2.94 bits per heavy atom. The van der Waals surface area contributed by atoms with Crippen LogP contribution in [-0.2, 0) is 11.3 Å². The molecule has 5 nitrogen and oxygen atoms in total. The van der Waals surface area contributed by atoms with E-state index in [-0.39, 0.29) is 0 Å². The lowest BCUT2D eigenvalue weighted by Gasteiger charge is -2.03. The number of hydrogen-bond donors (Lipinski definition) is 0. The van der Waals surface area contributed by atoms with Crippen molar-refractivity contribution in [2.24, 2.45) is 5.16 Å². The Morgan fingerprint density at radius 1 is 1.47 bits per heavy atom. The van der Waals surface area contributed by atoms with Crippen LogP contribution in [0.2, 0.25) is 0 Å². The molecule has 0 fully saturated rings. The third-order valence-electron chi connectivity index (χ3n) is 2.26. The molecule has 0 bridgehead atoms. The van der Waals surface area contributed by atoms with Gasteiger partial charge in [-0.2, -0.15) is 5.10 Å². The molecule has 0 radical (unpaired) electrons. The van der Waals surface area contributed by atoms with Crippen molar-refractivity contribution in [3.63, 3.8) is 0 Å². The quantitative estimate of drug-likeness (QED) is 0.594. The molecule has 0 aliphatic heterocycles. The van der Waals surface area contributed by atoms with E-state index in [1.807, 2.05) is 37.5 Å². The first-order chi connectivity index (χ1) is 8.29. The topological polar surface area (TPSA) is 52.3 Å². The van der Waals surface area contributed by atoms with Gasteiger partial charge in [0.2, 0.25) is 0 Å². The standard InChI is InChI=1S/C12H14N4O/c1-10(15-17-2)8-11-4-5-12(13-9-11)16-7-3-6-14-16/h3-7,9H,8H2,1-2H3. The second-order valence-corrected chi connectivity index (χ2v) is 3.66. The van der Waals surface area contributed by atoms with Gasteiger partial charge in [-0.05, 0) is 24.6 Å². The smallest absolute Gasteiger partial charge is 0.153 e. The lowest BCUT2D eigenvalue weighted by Crippen LogP contribution is -2.01. The Morgan fingerprint density at radius 2 is 2.35 bits per heavy atom. The molecule has 0 saturated carbocycles. The number of oxime groups is 1. The van der Waals surface area contributed by atoms with E-state index in [0.29, 0.717) is 0 Å². The Hall–Kier alpha value is -2.17. The molecule has 0 atom stereocenters. The zero-order valence-corrected chi connectivity index (χ0v) is 9.87. The maximum absolute atomic E-state index is 4.71. The van der Waals surface area contributed by atoms with Gasteiger partial charge >= 0.3 is 0 Å². The summed E-state index contributed by atoms with van der Waals surface area (Å²) in [6, 6.07) is 5.81. The van der Waals surface area contributed by atoms with Gasteiger partial charge < -0.3 is 4.84 Å². The second kappa shape index (κ2) is 5.25. The fourth-order valence-electron chi connectivity index (χ4n) is 1.54. The van der Waals surface area contributed by atoms with Gasteiger partial charge in [0, 0.05) is 25.0 Å². The minimum atomic E-state index is 0.736. The zero-order chi connectivity index (χ0) is 12.1. The molecule has 0 aliphatic rings. The van der Waals surface area contributed by atoms with Crippen molar-refractivity contribution in [2.75, 3.05) is 7.11 Å². The third kappa shape index (κ3) is 2.90. The maximum atomic E-state index is 4.71. The molecule has 0 spiro atoms. The summed E-state index contributed by atoms with van der Waals surface area (Å²) in [5.74, 6) is 0.806. The van der Waals surface area contributed by atoms with Crippen molar-refractivity contribution in [2.45, 2.75) is 13.3 Å². The van der Waals surface area contributed by atoms with Gasteiger partial charge in [-0.15, -0.1) is 0 Å². The van der Waals surface area contributed by atoms with E-state index in [2.05, 4.69) is 15.2 Å². The molecule has 88 valence electrons. The first kappa shape index (κ1) is 11.3. The van der Waals surface area contributed by atoms with E-state index in [1.165, 1.54) is 0 Å². The normalized spacial score (nSPS) is 11.5. The van der Waals surface area contributed by atoms with Crippen molar-refractivity contribution in [1.82, 2.24) is 14.8 Å². The number of pyridine rings is 1. The first-order valence-electron chi connectivity index (χ1n) is 5.31. The van der Waals surface area contributed by atoms with Gasteiger partial charge in [0.25, 0.3) is 0 Å². The molecule has 0 saturated heterocycles. The van der Waals surface area contributed by atoms with Crippen LogP contribution in [0.1, 0.15) is 12.5 Å². The van der Waals surface area contributed by atoms with E-state index in [0.717, 1.165) is 23.5 Å². The van der Waals surface area contributed by atoms with Crippen molar-refractivity contribution in [3.8, 4) is 5.82 Å². The van der Waals surface area contributed by atoms with Crippen molar-refractivity contribution in [3.05, 3.63) is 42.4 Å². The van der Waals surface area contributed by atoms with Crippen molar-refractivity contribution < 1.29 is 4.84 Å². The first-order valence-corrected chi connectivity index (χ1v) is 5.31. The van der Waals surface area contributed by atoms with Gasteiger partial charge in [0.1, 0.15) is 7.11 Å². The number of nitrogens with zero attached hydrogens (tertiary/aromatic N) is 4. The zero-order valence-electron chi connectivity index (χ0n) is 9.87. The molecular formula is C12H14N4O. The van der Waals surface area contributed by atoms with Gasteiger partial charge in [-0.25, -0.2) is 9.67 Å². The Kier molecular flexibility index (Phi) is 3.49. The molecule has 2 heterocycles. The van der Waals surface area contributed by atoms with Gasteiger partial charge in [-0.3, -0.25) is 0 Å². The average Bonchev–Trinajstić information content (AvgIpc) is 2.84. The van der Waals surface area contributed by atoms with Crippen LogP contribution in [0, 0.1) is 0 Å². The van der Waals surface area contributed by atoms with E-state index in [1.54, 1.807) is 18.0 Å². The van der Waals surface area contributed by atoms with Crippen LogP contribution in [0.3, 0.4) is 0 Å². The van der Waals surface area contributed by atoms with Crippen molar-refractivity contribution >= 4 is 5.71 Å². The van der Waals surface area contributed by atoms with Gasteiger partial charge in [0.05, 0.1) is 5.71 Å². The molecule has 17 heavy (non-hydrogen) atoms. The van der Waals surface area contributed by atoms with E-state index >= 15 is 0 Å². The lowest BCUT2D eigenvalue weighted by atomic mass is 10.1. The fourth-order valence-corrected chi connectivity index (χ4v) is 1.54. The molecule has 0 aliphatic carbocycles.